The largest absolute Gasteiger partial charge is 0.373 e. The molecule has 1 aliphatic rings. The summed E-state index contributed by atoms with van der Waals surface area (Å²) in [6.45, 7) is 1.82. The van der Waals surface area contributed by atoms with Gasteiger partial charge in [-0.3, -0.25) is 4.79 Å². The van der Waals surface area contributed by atoms with E-state index in [-0.39, 0.29) is 17.0 Å². The van der Waals surface area contributed by atoms with Crippen LogP contribution < -0.4 is 0 Å². The highest BCUT2D eigenvalue weighted by Crippen LogP contribution is 2.22. The standard InChI is InChI=1S/C19H19ClFNO2/c20-18-12-15(21)6-7-17(18)19(23)22-10-8-16(9-11-22)24-13-14-4-2-1-3-5-14/h1-7,12,16H,8-11,13H2. The van der Waals surface area contributed by atoms with E-state index in [0.29, 0.717) is 25.3 Å². The number of likely N-dealkylation sites (tertiary alicyclic amines) is 1. The number of carbonyl (C=O) groups excluding carboxylic acids is 1. The van der Waals surface area contributed by atoms with E-state index in [1.807, 2.05) is 30.3 Å². The van der Waals surface area contributed by atoms with Crippen LogP contribution in [0.3, 0.4) is 0 Å². The Kier molecular flexibility index (Phi) is 5.48. The Labute approximate surface area is 146 Å². The number of rotatable bonds is 4. The summed E-state index contributed by atoms with van der Waals surface area (Å²) in [5.41, 5.74) is 1.50. The van der Waals surface area contributed by atoms with E-state index < -0.39 is 5.82 Å². The molecular formula is C19H19ClFNO2. The fraction of sp³-hybridized carbons (Fsp3) is 0.316. The zero-order valence-corrected chi connectivity index (χ0v) is 14.0. The second-order valence-electron chi connectivity index (χ2n) is 5.91. The van der Waals surface area contributed by atoms with Gasteiger partial charge in [0.15, 0.2) is 0 Å². The van der Waals surface area contributed by atoms with Crippen molar-refractivity contribution in [3.8, 4) is 0 Å². The third-order valence-electron chi connectivity index (χ3n) is 4.22. The number of hydrogen-bond donors (Lipinski definition) is 0. The molecule has 1 aliphatic heterocycles. The van der Waals surface area contributed by atoms with E-state index in [2.05, 4.69) is 0 Å². The summed E-state index contributed by atoms with van der Waals surface area (Å²) in [5, 5.41) is 0.155. The second kappa shape index (κ2) is 7.77. The Morgan fingerprint density at radius 1 is 1.17 bits per heavy atom. The number of halogens is 2. The van der Waals surface area contributed by atoms with Crippen molar-refractivity contribution in [2.75, 3.05) is 13.1 Å². The van der Waals surface area contributed by atoms with Gasteiger partial charge < -0.3 is 9.64 Å². The van der Waals surface area contributed by atoms with E-state index in [1.165, 1.54) is 18.2 Å². The van der Waals surface area contributed by atoms with Crippen LogP contribution in [0.1, 0.15) is 28.8 Å². The molecule has 0 atom stereocenters. The Morgan fingerprint density at radius 3 is 2.54 bits per heavy atom. The fourth-order valence-electron chi connectivity index (χ4n) is 2.85. The first-order valence-corrected chi connectivity index (χ1v) is 8.41. The highest BCUT2D eigenvalue weighted by atomic mass is 35.5. The van der Waals surface area contributed by atoms with Gasteiger partial charge >= 0.3 is 0 Å². The number of carbonyl (C=O) groups is 1. The van der Waals surface area contributed by atoms with Crippen LogP contribution in [0.15, 0.2) is 48.5 Å². The summed E-state index contributed by atoms with van der Waals surface area (Å²) in [4.78, 5) is 14.2. The van der Waals surface area contributed by atoms with Gasteiger partial charge in [-0.2, -0.15) is 0 Å². The molecule has 0 bridgehead atoms. The molecule has 24 heavy (non-hydrogen) atoms. The Balaban J connectivity index is 1.52. The lowest BCUT2D eigenvalue weighted by Gasteiger charge is -2.32. The molecule has 0 unspecified atom stereocenters. The number of piperidine rings is 1. The van der Waals surface area contributed by atoms with Crippen molar-refractivity contribution < 1.29 is 13.9 Å². The van der Waals surface area contributed by atoms with Crippen LogP contribution in [0.25, 0.3) is 0 Å². The molecule has 5 heteroatoms. The van der Waals surface area contributed by atoms with E-state index in [1.54, 1.807) is 4.90 Å². The van der Waals surface area contributed by atoms with Crippen LogP contribution >= 0.6 is 11.6 Å². The van der Waals surface area contributed by atoms with Crippen LogP contribution in [0, 0.1) is 5.82 Å². The molecule has 126 valence electrons. The van der Waals surface area contributed by atoms with Crippen molar-refractivity contribution in [1.82, 2.24) is 4.90 Å². The van der Waals surface area contributed by atoms with Crippen LogP contribution in [-0.2, 0) is 11.3 Å². The zero-order valence-electron chi connectivity index (χ0n) is 13.3. The van der Waals surface area contributed by atoms with Gasteiger partial charge in [0.05, 0.1) is 23.3 Å². The summed E-state index contributed by atoms with van der Waals surface area (Å²) in [5.74, 6) is -0.592. The maximum Gasteiger partial charge on any atom is 0.255 e. The molecule has 1 amide bonds. The van der Waals surface area contributed by atoms with Gasteiger partial charge in [0, 0.05) is 13.1 Å². The molecule has 3 nitrogen and oxygen atoms in total. The third kappa shape index (κ3) is 4.13. The fourth-order valence-corrected chi connectivity index (χ4v) is 3.10. The molecule has 1 saturated heterocycles. The van der Waals surface area contributed by atoms with Gasteiger partial charge in [-0.15, -0.1) is 0 Å². The predicted molar refractivity (Wildman–Crippen MR) is 91.6 cm³/mol. The minimum Gasteiger partial charge on any atom is -0.373 e. The SMILES string of the molecule is O=C(c1ccc(F)cc1Cl)N1CCC(OCc2ccccc2)CC1. The molecule has 2 aromatic rings. The number of nitrogens with zero attached hydrogens (tertiary/aromatic N) is 1. The molecule has 0 aromatic heterocycles. The zero-order chi connectivity index (χ0) is 16.9. The first-order valence-electron chi connectivity index (χ1n) is 8.03. The minimum atomic E-state index is -0.440. The topological polar surface area (TPSA) is 29.5 Å². The molecule has 0 saturated carbocycles. The Bertz CT molecular complexity index is 700. The van der Waals surface area contributed by atoms with E-state index in [4.69, 9.17) is 16.3 Å². The van der Waals surface area contributed by atoms with Gasteiger partial charge in [0.1, 0.15) is 5.82 Å². The highest BCUT2D eigenvalue weighted by molar-refractivity contribution is 6.33. The van der Waals surface area contributed by atoms with Crippen molar-refractivity contribution in [3.63, 3.8) is 0 Å². The van der Waals surface area contributed by atoms with E-state index >= 15 is 0 Å². The summed E-state index contributed by atoms with van der Waals surface area (Å²) >= 11 is 5.98. The number of benzene rings is 2. The van der Waals surface area contributed by atoms with Gasteiger partial charge in [-0.25, -0.2) is 4.39 Å². The second-order valence-corrected chi connectivity index (χ2v) is 6.32. The monoisotopic (exact) mass is 347 g/mol. The number of ether oxygens (including phenoxy) is 1. The molecule has 0 spiro atoms. The van der Waals surface area contributed by atoms with Crippen LogP contribution in [-0.4, -0.2) is 30.0 Å². The molecule has 2 aromatic carbocycles. The molecule has 3 rings (SSSR count). The van der Waals surface area contributed by atoms with Crippen LogP contribution in [0.2, 0.25) is 5.02 Å². The quantitative estimate of drug-likeness (QED) is 0.825. The summed E-state index contributed by atoms with van der Waals surface area (Å²) in [6.07, 6.45) is 1.73. The lowest BCUT2D eigenvalue weighted by atomic mass is 10.1. The summed E-state index contributed by atoms with van der Waals surface area (Å²) < 4.78 is 19.0. The predicted octanol–water partition coefficient (Wildman–Crippen LogP) is 4.30. The van der Waals surface area contributed by atoms with Crippen LogP contribution in [0.5, 0.6) is 0 Å². The molecule has 1 fully saturated rings. The maximum absolute atomic E-state index is 13.1. The van der Waals surface area contributed by atoms with Crippen molar-refractivity contribution >= 4 is 17.5 Å². The summed E-state index contributed by atoms with van der Waals surface area (Å²) in [7, 11) is 0. The maximum atomic E-state index is 13.1. The number of hydrogen-bond acceptors (Lipinski definition) is 2. The van der Waals surface area contributed by atoms with Crippen molar-refractivity contribution in [2.24, 2.45) is 0 Å². The average molecular weight is 348 g/mol. The summed E-state index contributed by atoms with van der Waals surface area (Å²) in [6, 6.07) is 13.9. The first-order chi connectivity index (χ1) is 11.6. The van der Waals surface area contributed by atoms with Crippen LogP contribution in [0.4, 0.5) is 4.39 Å². The van der Waals surface area contributed by atoms with Gasteiger partial charge in [0.2, 0.25) is 0 Å². The van der Waals surface area contributed by atoms with Gasteiger partial charge in [0.25, 0.3) is 5.91 Å². The normalized spacial score (nSPS) is 15.5. The lowest BCUT2D eigenvalue weighted by molar-refractivity contribution is -0.000375. The smallest absolute Gasteiger partial charge is 0.255 e. The van der Waals surface area contributed by atoms with E-state index in [9.17, 15) is 9.18 Å². The van der Waals surface area contributed by atoms with E-state index in [0.717, 1.165) is 18.4 Å². The van der Waals surface area contributed by atoms with Gasteiger partial charge in [-0.1, -0.05) is 41.9 Å². The molecule has 0 aliphatic carbocycles. The average Bonchev–Trinajstić information content (AvgIpc) is 2.61. The van der Waals surface area contributed by atoms with Crippen molar-refractivity contribution in [1.29, 1.82) is 0 Å². The van der Waals surface area contributed by atoms with Crippen molar-refractivity contribution in [3.05, 3.63) is 70.5 Å². The van der Waals surface area contributed by atoms with Crippen molar-refractivity contribution in [2.45, 2.75) is 25.6 Å². The molecular weight excluding hydrogens is 329 g/mol. The Morgan fingerprint density at radius 2 is 1.88 bits per heavy atom. The molecule has 0 N–H and O–H groups in total. The first kappa shape index (κ1) is 16.9. The Hall–Kier alpha value is -1.91. The number of amides is 1. The lowest BCUT2D eigenvalue weighted by Crippen LogP contribution is -2.41. The molecule has 1 heterocycles. The van der Waals surface area contributed by atoms with Gasteiger partial charge in [-0.05, 0) is 36.6 Å². The molecule has 0 radical (unpaired) electrons. The minimum absolute atomic E-state index is 0.151. The third-order valence-corrected chi connectivity index (χ3v) is 4.53. The highest BCUT2D eigenvalue weighted by Gasteiger charge is 2.25.